The second kappa shape index (κ2) is 9.98. The van der Waals surface area contributed by atoms with Crippen molar-refractivity contribution < 1.29 is 19.4 Å². The molecule has 1 aromatic heterocycles. The van der Waals surface area contributed by atoms with E-state index in [1.165, 1.54) is 0 Å². The minimum Gasteiger partial charge on any atom is -0.507 e. The summed E-state index contributed by atoms with van der Waals surface area (Å²) in [6.07, 6.45) is 10.4. The van der Waals surface area contributed by atoms with Crippen LogP contribution in [0.1, 0.15) is 69.0 Å². The number of aromatic nitrogens is 1. The molecular formula is C26H30N2O4. The van der Waals surface area contributed by atoms with E-state index in [0.29, 0.717) is 12.2 Å². The molecule has 1 saturated carbocycles. The Balaban J connectivity index is 1.67. The number of ketones is 1. The number of unbranched alkanes of at least 4 members (excludes halogenated alkanes) is 2. The van der Waals surface area contributed by atoms with E-state index in [1.54, 1.807) is 53.7 Å². The molecule has 1 unspecified atom stereocenters. The van der Waals surface area contributed by atoms with E-state index in [9.17, 15) is 14.7 Å². The molecule has 0 radical (unpaired) electrons. The lowest BCUT2D eigenvalue weighted by atomic mass is 9.95. The van der Waals surface area contributed by atoms with E-state index < -0.39 is 17.7 Å². The quantitative estimate of drug-likeness (QED) is 0.273. The zero-order valence-corrected chi connectivity index (χ0v) is 18.5. The third-order valence-corrected chi connectivity index (χ3v) is 6.36. The van der Waals surface area contributed by atoms with E-state index in [2.05, 4.69) is 11.9 Å². The van der Waals surface area contributed by atoms with Gasteiger partial charge in [0.1, 0.15) is 11.5 Å². The van der Waals surface area contributed by atoms with E-state index in [0.717, 1.165) is 56.3 Å². The van der Waals surface area contributed by atoms with Gasteiger partial charge in [0.2, 0.25) is 0 Å². The van der Waals surface area contributed by atoms with Crippen LogP contribution < -0.4 is 4.74 Å². The van der Waals surface area contributed by atoms with Gasteiger partial charge in [0, 0.05) is 24.0 Å². The topological polar surface area (TPSA) is 79.7 Å². The van der Waals surface area contributed by atoms with Crippen LogP contribution in [0.15, 0.2) is 54.4 Å². The number of rotatable bonds is 8. The molecule has 0 bridgehead atoms. The van der Waals surface area contributed by atoms with Gasteiger partial charge in [-0.3, -0.25) is 14.6 Å². The average Bonchev–Trinajstić information content (AvgIpc) is 3.44. The number of pyridine rings is 1. The fourth-order valence-corrected chi connectivity index (χ4v) is 4.69. The van der Waals surface area contributed by atoms with Crippen LogP contribution in [0.2, 0.25) is 0 Å². The van der Waals surface area contributed by atoms with Crippen molar-refractivity contribution in [3.05, 3.63) is 65.5 Å². The van der Waals surface area contributed by atoms with E-state index in [4.69, 9.17) is 4.74 Å². The van der Waals surface area contributed by atoms with Crippen molar-refractivity contribution in [3.8, 4) is 5.75 Å². The number of amides is 1. The third kappa shape index (κ3) is 4.40. The number of carbonyl (C=O) groups is 2. The highest BCUT2D eigenvalue weighted by atomic mass is 16.5. The lowest BCUT2D eigenvalue weighted by molar-refractivity contribution is -0.141. The molecule has 1 N–H and O–H groups in total. The van der Waals surface area contributed by atoms with Crippen molar-refractivity contribution in [2.75, 3.05) is 6.61 Å². The number of aliphatic hydroxyl groups is 1. The predicted molar refractivity (Wildman–Crippen MR) is 122 cm³/mol. The first-order chi connectivity index (χ1) is 15.6. The minimum absolute atomic E-state index is 0.00816. The summed E-state index contributed by atoms with van der Waals surface area (Å²) in [5.41, 5.74) is 1.42. The first-order valence-electron chi connectivity index (χ1n) is 11.5. The molecule has 1 amide bonds. The first kappa shape index (κ1) is 22.1. The predicted octanol–water partition coefficient (Wildman–Crippen LogP) is 5.01. The van der Waals surface area contributed by atoms with Crippen LogP contribution in [-0.4, -0.2) is 39.3 Å². The number of nitrogens with zero attached hydrogens (tertiary/aromatic N) is 2. The number of hydrogen-bond acceptors (Lipinski definition) is 5. The molecule has 1 atom stereocenters. The molecule has 1 aliphatic heterocycles. The zero-order chi connectivity index (χ0) is 22.5. The molecule has 4 rings (SSSR count). The van der Waals surface area contributed by atoms with E-state index >= 15 is 0 Å². The molecule has 1 aromatic carbocycles. The summed E-state index contributed by atoms with van der Waals surface area (Å²) in [6.45, 7) is 2.79. The molecule has 2 fully saturated rings. The van der Waals surface area contributed by atoms with E-state index in [-0.39, 0.29) is 17.4 Å². The van der Waals surface area contributed by atoms with Crippen LogP contribution in [-0.2, 0) is 9.59 Å². The molecule has 0 spiro atoms. The molecule has 32 heavy (non-hydrogen) atoms. The summed E-state index contributed by atoms with van der Waals surface area (Å²) >= 11 is 0. The smallest absolute Gasteiger partial charge is 0.295 e. The van der Waals surface area contributed by atoms with Gasteiger partial charge in [-0.05, 0) is 61.2 Å². The summed E-state index contributed by atoms with van der Waals surface area (Å²) in [6, 6.07) is 10.1. The average molecular weight is 435 g/mol. The maximum absolute atomic E-state index is 13.1. The number of ether oxygens (including phenoxy) is 1. The number of carbonyl (C=O) groups excluding carboxylic acids is 2. The monoisotopic (exact) mass is 434 g/mol. The summed E-state index contributed by atoms with van der Waals surface area (Å²) in [4.78, 5) is 31.9. The van der Waals surface area contributed by atoms with Crippen LogP contribution in [0.25, 0.3) is 5.76 Å². The van der Waals surface area contributed by atoms with Crippen LogP contribution in [0, 0.1) is 0 Å². The Morgan fingerprint density at radius 3 is 2.41 bits per heavy atom. The Bertz CT molecular complexity index is 979. The molecule has 1 aliphatic carbocycles. The molecular weight excluding hydrogens is 404 g/mol. The van der Waals surface area contributed by atoms with Crippen molar-refractivity contribution in [1.82, 2.24) is 9.88 Å². The highest BCUT2D eigenvalue weighted by Crippen LogP contribution is 2.43. The van der Waals surface area contributed by atoms with Crippen LogP contribution >= 0.6 is 0 Å². The van der Waals surface area contributed by atoms with Gasteiger partial charge in [-0.15, -0.1) is 0 Å². The van der Waals surface area contributed by atoms with Gasteiger partial charge in [-0.2, -0.15) is 0 Å². The normalized spacial score (nSPS) is 20.8. The van der Waals surface area contributed by atoms with Crippen molar-refractivity contribution in [1.29, 1.82) is 0 Å². The zero-order valence-electron chi connectivity index (χ0n) is 18.5. The summed E-state index contributed by atoms with van der Waals surface area (Å²) in [5, 5.41) is 11.2. The number of likely N-dealkylation sites (tertiary alicyclic amines) is 1. The maximum Gasteiger partial charge on any atom is 0.295 e. The highest BCUT2D eigenvalue weighted by molar-refractivity contribution is 6.46. The Morgan fingerprint density at radius 2 is 1.75 bits per heavy atom. The third-order valence-electron chi connectivity index (χ3n) is 6.36. The molecule has 168 valence electrons. The van der Waals surface area contributed by atoms with Gasteiger partial charge >= 0.3 is 0 Å². The number of benzene rings is 1. The van der Waals surface area contributed by atoms with Crippen LogP contribution in [0.4, 0.5) is 0 Å². The fourth-order valence-electron chi connectivity index (χ4n) is 4.69. The van der Waals surface area contributed by atoms with Gasteiger partial charge in [0.25, 0.3) is 11.7 Å². The van der Waals surface area contributed by atoms with Crippen molar-refractivity contribution >= 4 is 17.4 Å². The number of hydrogen-bond donors (Lipinski definition) is 1. The lowest BCUT2D eigenvalue weighted by Gasteiger charge is -2.30. The minimum atomic E-state index is -0.629. The van der Waals surface area contributed by atoms with Gasteiger partial charge in [0.05, 0.1) is 18.2 Å². The largest absolute Gasteiger partial charge is 0.507 e. The van der Waals surface area contributed by atoms with Crippen LogP contribution in [0.5, 0.6) is 5.75 Å². The Hall–Kier alpha value is -3.15. The van der Waals surface area contributed by atoms with Crippen molar-refractivity contribution in [3.63, 3.8) is 0 Å². The number of Topliss-reactive ketones (excluding diaryl/α,β-unsaturated/α-hetero) is 1. The molecule has 6 heteroatoms. The molecule has 2 aromatic rings. The van der Waals surface area contributed by atoms with Crippen molar-refractivity contribution in [2.45, 2.75) is 64.0 Å². The van der Waals surface area contributed by atoms with Gasteiger partial charge in [-0.1, -0.05) is 32.6 Å². The molecule has 1 saturated heterocycles. The molecule has 2 aliphatic rings. The maximum atomic E-state index is 13.1. The van der Waals surface area contributed by atoms with Crippen LogP contribution in [0.3, 0.4) is 0 Å². The Labute approximate surface area is 188 Å². The van der Waals surface area contributed by atoms with Crippen molar-refractivity contribution in [2.24, 2.45) is 0 Å². The van der Waals surface area contributed by atoms with Gasteiger partial charge in [0.15, 0.2) is 0 Å². The fraction of sp³-hybridized carbons (Fsp3) is 0.423. The SMILES string of the molecule is CCCCCOc1ccc(/C(O)=C2/C(=O)C(=O)N(C3CCCC3)C2c2ccncc2)cc1. The van der Waals surface area contributed by atoms with Gasteiger partial charge < -0.3 is 14.7 Å². The standard InChI is InChI=1S/C26H30N2O4/c1-2-3-6-17-32-21-11-9-19(10-12-21)24(29)22-23(18-13-15-27-16-14-18)28(26(31)25(22)30)20-7-4-5-8-20/h9-16,20,23,29H,2-8,17H2,1H3/b24-22-. The summed E-state index contributed by atoms with van der Waals surface area (Å²) in [5.74, 6) is -0.592. The number of aliphatic hydroxyl groups excluding tert-OH is 1. The molecule has 6 nitrogen and oxygen atoms in total. The second-order valence-electron chi connectivity index (χ2n) is 8.51. The Morgan fingerprint density at radius 1 is 1.06 bits per heavy atom. The second-order valence-corrected chi connectivity index (χ2v) is 8.51. The van der Waals surface area contributed by atoms with E-state index in [1.807, 2.05) is 0 Å². The molecule has 2 heterocycles. The summed E-state index contributed by atoms with van der Waals surface area (Å²) < 4.78 is 5.75. The first-order valence-corrected chi connectivity index (χ1v) is 11.5. The van der Waals surface area contributed by atoms with Gasteiger partial charge in [-0.25, -0.2) is 0 Å². The highest BCUT2D eigenvalue weighted by Gasteiger charge is 2.49. The Kier molecular flexibility index (Phi) is 6.88. The lowest BCUT2D eigenvalue weighted by Crippen LogP contribution is -2.37. The summed E-state index contributed by atoms with van der Waals surface area (Å²) in [7, 11) is 0.